The largest absolute Gasteiger partial charge is 0.390 e. The average molecular weight is 210 g/mol. The van der Waals surface area contributed by atoms with Gasteiger partial charge in [0, 0.05) is 0 Å². The minimum atomic E-state index is -0.298. The van der Waals surface area contributed by atoms with E-state index in [0.29, 0.717) is 5.92 Å². The summed E-state index contributed by atoms with van der Waals surface area (Å²) in [7, 11) is 0. The van der Waals surface area contributed by atoms with Crippen molar-refractivity contribution in [2.75, 3.05) is 0 Å². The van der Waals surface area contributed by atoms with Crippen molar-refractivity contribution in [3.63, 3.8) is 0 Å². The predicted octanol–water partition coefficient (Wildman–Crippen LogP) is 3.61. The van der Waals surface area contributed by atoms with E-state index in [1.165, 1.54) is 25.7 Å². The van der Waals surface area contributed by atoms with Gasteiger partial charge in [0.15, 0.2) is 0 Å². The number of hydrogen-bond acceptors (Lipinski definition) is 1. The molecule has 2 fully saturated rings. The van der Waals surface area contributed by atoms with Crippen LogP contribution in [0.1, 0.15) is 59.3 Å². The summed E-state index contributed by atoms with van der Waals surface area (Å²) >= 11 is 0. The second-order valence-electron chi connectivity index (χ2n) is 6.42. The highest BCUT2D eigenvalue weighted by Crippen LogP contribution is 2.47. The van der Waals surface area contributed by atoms with Gasteiger partial charge in [0.25, 0.3) is 0 Å². The summed E-state index contributed by atoms with van der Waals surface area (Å²) in [6.45, 7) is 7.01. The molecule has 2 aliphatic carbocycles. The maximum Gasteiger partial charge on any atom is 0.0678 e. The van der Waals surface area contributed by atoms with Crippen LogP contribution in [0.15, 0.2) is 0 Å². The molecule has 1 heteroatoms. The Labute approximate surface area is 94.3 Å². The molecule has 0 aromatic heterocycles. The molecule has 2 saturated carbocycles. The molecular formula is C14H26O. The van der Waals surface area contributed by atoms with E-state index in [4.69, 9.17) is 0 Å². The zero-order chi connectivity index (χ0) is 11.1. The highest BCUT2D eigenvalue weighted by molar-refractivity contribution is 4.95. The lowest BCUT2D eigenvalue weighted by Gasteiger charge is -2.40. The van der Waals surface area contributed by atoms with Gasteiger partial charge in [0.2, 0.25) is 0 Å². The SMILES string of the molecule is CC1CCC(O)(C2CCC(C)C(C)C2)C1. The van der Waals surface area contributed by atoms with Crippen molar-refractivity contribution in [1.82, 2.24) is 0 Å². The van der Waals surface area contributed by atoms with Crippen LogP contribution in [0.5, 0.6) is 0 Å². The molecule has 0 saturated heterocycles. The first-order chi connectivity index (χ1) is 7.01. The van der Waals surface area contributed by atoms with Crippen LogP contribution in [0.4, 0.5) is 0 Å². The van der Waals surface area contributed by atoms with Gasteiger partial charge in [-0.25, -0.2) is 0 Å². The summed E-state index contributed by atoms with van der Waals surface area (Å²) in [5.74, 6) is 3.01. The molecule has 2 aliphatic rings. The molecule has 0 aliphatic heterocycles. The van der Waals surface area contributed by atoms with Crippen molar-refractivity contribution in [3.8, 4) is 0 Å². The topological polar surface area (TPSA) is 20.2 Å². The number of aliphatic hydroxyl groups is 1. The smallest absolute Gasteiger partial charge is 0.0678 e. The Morgan fingerprint density at radius 1 is 1.00 bits per heavy atom. The fourth-order valence-corrected chi connectivity index (χ4v) is 3.71. The Morgan fingerprint density at radius 3 is 2.27 bits per heavy atom. The van der Waals surface area contributed by atoms with Crippen LogP contribution < -0.4 is 0 Å². The van der Waals surface area contributed by atoms with E-state index in [-0.39, 0.29) is 5.60 Å². The zero-order valence-electron chi connectivity index (χ0n) is 10.5. The average Bonchev–Trinajstić information content (AvgIpc) is 2.52. The summed E-state index contributed by atoms with van der Waals surface area (Å²) in [5, 5.41) is 10.7. The van der Waals surface area contributed by atoms with Gasteiger partial charge in [-0.2, -0.15) is 0 Å². The Hall–Kier alpha value is -0.0400. The third-order valence-electron chi connectivity index (χ3n) is 5.13. The van der Waals surface area contributed by atoms with Crippen LogP contribution in [-0.2, 0) is 0 Å². The lowest BCUT2D eigenvalue weighted by molar-refractivity contribution is -0.0438. The molecule has 1 N–H and O–H groups in total. The monoisotopic (exact) mass is 210 g/mol. The first kappa shape index (κ1) is 11.4. The highest BCUT2D eigenvalue weighted by Gasteiger charge is 2.44. The molecule has 0 bridgehead atoms. The quantitative estimate of drug-likeness (QED) is 0.701. The fraction of sp³-hybridized carbons (Fsp3) is 1.00. The van der Waals surface area contributed by atoms with Gasteiger partial charge in [-0.15, -0.1) is 0 Å². The number of hydrogen-bond donors (Lipinski definition) is 1. The second kappa shape index (κ2) is 4.08. The minimum absolute atomic E-state index is 0.298. The van der Waals surface area contributed by atoms with Gasteiger partial charge < -0.3 is 5.11 Å². The molecule has 1 nitrogen and oxygen atoms in total. The van der Waals surface area contributed by atoms with Crippen molar-refractivity contribution in [1.29, 1.82) is 0 Å². The highest BCUT2D eigenvalue weighted by atomic mass is 16.3. The Balaban J connectivity index is 1.99. The first-order valence-electron chi connectivity index (χ1n) is 6.73. The molecule has 0 spiro atoms. The number of rotatable bonds is 1. The van der Waals surface area contributed by atoms with E-state index >= 15 is 0 Å². The molecule has 0 aromatic rings. The van der Waals surface area contributed by atoms with Crippen molar-refractivity contribution >= 4 is 0 Å². The van der Waals surface area contributed by atoms with Crippen LogP contribution >= 0.6 is 0 Å². The van der Waals surface area contributed by atoms with E-state index in [0.717, 1.165) is 30.6 Å². The maximum atomic E-state index is 10.7. The summed E-state index contributed by atoms with van der Waals surface area (Å²) in [6, 6.07) is 0. The lowest BCUT2D eigenvalue weighted by atomic mass is 9.68. The molecular weight excluding hydrogens is 184 g/mol. The van der Waals surface area contributed by atoms with Gasteiger partial charge >= 0.3 is 0 Å². The van der Waals surface area contributed by atoms with Crippen molar-refractivity contribution in [2.45, 2.75) is 64.9 Å². The van der Waals surface area contributed by atoms with Crippen LogP contribution in [0.3, 0.4) is 0 Å². The summed E-state index contributed by atoms with van der Waals surface area (Å²) in [6.07, 6.45) is 7.18. The fourth-order valence-electron chi connectivity index (χ4n) is 3.71. The van der Waals surface area contributed by atoms with Crippen LogP contribution in [-0.4, -0.2) is 10.7 Å². The second-order valence-corrected chi connectivity index (χ2v) is 6.42. The standard InChI is InChI=1S/C14H26O/c1-10-6-7-14(15,9-10)13-5-4-11(2)12(3)8-13/h10-13,15H,4-9H2,1-3H3. The summed E-state index contributed by atoms with van der Waals surface area (Å²) in [4.78, 5) is 0. The summed E-state index contributed by atoms with van der Waals surface area (Å²) < 4.78 is 0. The molecule has 0 heterocycles. The predicted molar refractivity (Wildman–Crippen MR) is 63.6 cm³/mol. The molecule has 5 unspecified atom stereocenters. The molecule has 0 amide bonds. The van der Waals surface area contributed by atoms with Gasteiger partial charge in [-0.3, -0.25) is 0 Å². The van der Waals surface area contributed by atoms with Gasteiger partial charge in [0.1, 0.15) is 0 Å². The Morgan fingerprint density at radius 2 is 1.73 bits per heavy atom. The Kier molecular flexibility index (Phi) is 3.12. The molecule has 0 radical (unpaired) electrons. The van der Waals surface area contributed by atoms with E-state index < -0.39 is 0 Å². The lowest BCUT2D eigenvalue weighted by Crippen LogP contribution is -2.39. The van der Waals surface area contributed by atoms with E-state index in [1.807, 2.05) is 0 Å². The van der Waals surface area contributed by atoms with Crippen molar-refractivity contribution in [3.05, 3.63) is 0 Å². The van der Waals surface area contributed by atoms with Crippen molar-refractivity contribution in [2.24, 2.45) is 23.7 Å². The summed E-state index contributed by atoms with van der Waals surface area (Å²) in [5.41, 5.74) is -0.298. The van der Waals surface area contributed by atoms with E-state index in [2.05, 4.69) is 20.8 Å². The Bertz CT molecular complexity index is 225. The van der Waals surface area contributed by atoms with Gasteiger partial charge in [-0.05, 0) is 55.8 Å². The molecule has 5 atom stereocenters. The normalized spacial score (nSPS) is 52.0. The van der Waals surface area contributed by atoms with E-state index in [1.54, 1.807) is 0 Å². The molecule has 15 heavy (non-hydrogen) atoms. The molecule has 0 aromatic carbocycles. The maximum absolute atomic E-state index is 10.7. The van der Waals surface area contributed by atoms with E-state index in [9.17, 15) is 5.11 Å². The van der Waals surface area contributed by atoms with Crippen molar-refractivity contribution < 1.29 is 5.11 Å². The van der Waals surface area contributed by atoms with Crippen LogP contribution in [0.25, 0.3) is 0 Å². The minimum Gasteiger partial charge on any atom is -0.390 e. The van der Waals surface area contributed by atoms with Crippen LogP contribution in [0.2, 0.25) is 0 Å². The van der Waals surface area contributed by atoms with Crippen LogP contribution in [0, 0.1) is 23.7 Å². The third-order valence-corrected chi connectivity index (χ3v) is 5.13. The molecule has 88 valence electrons. The molecule has 2 rings (SSSR count). The third kappa shape index (κ3) is 2.22. The zero-order valence-corrected chi connectivity index (χ0v) is 10.5. The first-order valence-corrected chi connectivity index (χ1v) is 6.73. The van der Waals surface area contributed by atoms with Gasteiger partial charge in [-0.1, -0.05) is 27.2 Å². The van der Waals surface area contributed by atoms with Gasteiger partial charge in [0.05, 0.1) is 5.60 Å².